The number of halogens is 1. The summed E-state index contributed by atoms with van der Waals surface area (Å²) in [5.74, 6) is 0. The Morgan fingerprint density at radius 3 is 1.78 bits per heavy atom. The van der Waals surface area contributed by atoms with Crippen molar-refractivity contribution in [1.29, 1.82) is 0 Å². The zero-order valence-corrected chi connectivity index (χ0v) is 15.5. The molecule has 0 heterocycles. The largest absolute Gasteiger partial charge is 0.374 e. The van der Waals surface area contributed by atoms with Crippen LogP contribution in [0.25, 0.3) is 0 Å². The molecular formula is C21H20IN. The van der Waals surface area contributed by atoms with Crippen LogP contribution in [-0.4, -0.2) is 0 Å². The number of rotatable bonds is 4. The summed E-state index contributed by atoms with van der Waals surface area (Å²) in [5.41, 5.74) is 6.32. The van der Waals surface area contributed by atoms with Crippen LogP contribution in [0.2, 0.25) is 0 Å². The lowest BCUT2D eigenvalue weighted by Gasteiger charge is -2.23. The molecule has 2 heteroatoms. The number of nitrogens with one attached hydrogen (secondary N) is 1. The molecule has 0 unspecified atom stereocenters. The average Bonchev–Trinajstić information content (AvgIpc) is 2.58. The second-order valence-corrected chi connectivity index (χ2v) is 6.98. The monoisotopic (exact) mass is 413 g/mol. The van der Waals surface area contributed by atoms with E-state index in [0.717, 1.165) is 0 Å². The molecule has 116 valence electrons. The smallest absolute Gasteiger partial charge is 0.0767 e. The predicted molar refractivity (Wildman–Crippen MR) is 107 cm³/mol. The van der Waals surface area contributed by atoms with E-state index in [-0.39, 0.29) is 6.04 Å². The predicted octanol–water partition coefficient (Wildman–Crippen LogP) is 6.11. The van der Waals surface area contributed by atoms with Gasteiger partial charge in [-0.15, -0.1) is 0 Å². The van der Waals surface area contributed by atoms with Gasteiger partial charge in [-0.2, -0.15) is 0 Å². The van der Waals surface area contributed by atoms with Crippen molar-refractivity contribution in [2.45, 2.75) is 19.9 Å². The minimum absolute atomic E-state index is 0.149. The van der Waals surface area contributed by atoms with Crippen molar-refractivity contribution in [3.05, 3.63) is 98.6 Å². The Balaban J connectivity index is 2.02. The van der Waals surface area contributed by atoms with Crippen LogP contribution in [0.4, 0.5) is 5.69 Å². The Bertz CT molecular complexity index is 742. The maximum atomic E-state index is 3.74. The van der Waals surface area contributed by atoms with Crippen LogP contribution in [0, 0.1) is 17.4 Å². The van der Waals surface area contributed by atoms with E-state index in [1.807, 2.05) is 0 Å². The van der Waals surface area contributed by atoms with Gasteiger partial charge in [0.05, 0.1) is 6.04 Å². The molecule has 3 rings (SSSR count). The topological polar surface area (TPSA) is 12.0 Å². The lowest BCUT2D eigenvalue weighted by molar-refractivity contribution is 0.935. The van der Waals surface area contributed by atoms with E-state index in [4.69, 9.17) is 0 Å². The molecule has 0 saturated heterocycles. The Hall–Kier alpha value is -1.81. The van der Waals surface area contributed by atoms with Crippen molar-refractivity contribution >= 4 is 28.3 Å². The molecule has 0 spiro atoms. The van der Waals surface area contributed by atoms with Crippen LogP contribution in [0.3, 0.4) is 0 Å². The lowest BCUT2D eigenvalue weighted by atomic mass is 9.97. The molecule has 3 aromatic carbocycles. The Morgan fingerprint density at radius 2 is 1.26 bits per heavy atom. The fourth-order valence-corrected chi connectivity index (χ4v) is 3.36. The lowest BCUT2D eigenvalue weighted by Crippen LogP contribution is -2.13. The van der Waals surface area contributed by atoms with E-state index in [1.54, 1.807) is 0 Å². The number of hydrogen-bond donors (Lipinski definition) is 1. The van der Waals surface area contributed by atoms with Gasteiger partial charge < -0.3 is 5.32 Å². The first-order valence-corrected chi connectivity index (χ1v) is 8.86. The third kappa shape index (κ3) is 3.75. The highest BCUT2D eigenvalue weighted by Crippen LogP contribution is 2.30. The molecule has 0 aliphatic carbocycles. The highest BCUT2D eigenvalue weighted by Gasteiger charge is 2.15. The molecule has 0 amide bonds. The molecule has 0 fully saturated rings. The highest BCUT2D eigenvalue weighted by atomic mass is 127. The van der Waals surface area contributed by atoms with Gasteiger partial charge in [0, 0.05) is 9.26 Å². The molecule has 0 aliphatic heterocycles. The maximum Gasteiger partial charge on any atom is 0.0767 e. The van der Waals surface area contributed by atoms with E-state index < -0.39 is 0 Å². The number of aryl methyl sites for hydroxylation is 2. The highest BCUT2D eigenvalue weighted by molar-refractivity contribution is 14.1. The minimum Gasteiger partial charge on any atom is -0.374 e. The molecule has 0 radical (unpaired) electrons. The fraction of sp³-hybridized carbons (Fsp3) is 0.143. The van der Waals surface area contributed by atoms with Crippen molar-refractivity contribution in [2.24, 2.45) is 0 Å². The SMILES string of the molecule is Cc1cc(NC(c2ccccc2)c2ccccc2)c(C)cc1I. The van der Waals surface area contributed by atoms with Gasteiger partial charge in [0.1, 0.15) is 0 Å². The maximum absolute atomic E-state index is 3.74. The first-order chi connectivity index (χ1) is 11.1. The fourth-order valence-electron chi connectivity index (χ4n) is 2.74. The molecule has 0 aromatic heterocycles. The summed E-state index contributed by atoms with van der Waals surface area (Å²) in [5, 5.41) is 3.74. The van der Waals surface area contributed by atoms with E-state index in [0.29, 0.717) is 0 Å². The van der Waals surface area contributed by atoms with Gasteiger partial charge in [0.25, 0.3) is 0 Å². The third-order valence-electron chi connectivity index (χ3n) is 4.07. The summed E-state index contributed by atoms with van der Waals surface area (Å²) in [7, 11) is 0. The second kappa shape index (κ2) is 7.18. The van der Waals surface area contributed by atoms with Crippen molar-refractivity contribution in [3.63, 3.8) is 0 Å². The van der Waals surface area contributed by atoms with Gasteiger partial charge in [-0.25, -0.2) is 0 Å². The molecule has 0 atom stereocenters. The van der Waals surface area contributed by atoms with E-state index >= 15 is 0 Å². The summed E-state index contributed by atoms with van der Waals surface area (Å²) in [6.07, 6.45) is 0. The quantitative estimate of drug-likeness (QED) is 0.509. The number of benzene rings is 3. The zero-order chi connectivity index (χ0) is 16.2. The van der Waals surface area contributed by atoms with Gasteiger partial charge in [-0.1, -0.05) is 60.7 Å². The molecule has 0 aliphatic rings. The average molecular weight is 413 g/mol. The standard InChI is InChI=1S/C21H20IN/c1-15-14-20(16(2)13-19(15)22)23-21(17-9-5-3-6-10-17)18-11-7-4-8-12-18/h3-14,21,23H,1-2H3. The van der Waals surface area contributed by atoms with Crippen LogP contribution in [0.5, 0.6) is 0 Å². The Labute approximate surface area is 151 Å². The van der Waals surface area contributed by atoms with Crippen molar-refractivity contribution < 1.29 is 0 Å². The zero-order valence-electron chi connectivity index (χ0n) is 13.4. The molecular weight excluding hydrogens is 393 g/mol. The van der Waals surface area contributed by atoms with Gasteiger partial charge >= 0.3 is 0 Å². The first kappa shape index (κ1) is 16.1. The summed E-state index contributed by atoms with van der Waals surface area (Å²) < 4.78 is 1.31. The van der Waals surface area contributed by atoms with E-state index in [2.05, 4.69) is 115 Å². The summed E-state index contributed by atoms with van der Waals surface area (Å²) >= 11 is 2.40. The first-order valence-electron chi connectivity index (χ1n) is 7.78. The molecule has 1 nitrogen and oxygen atoms in total. The van der Waals surface area contributed by atoms with Gasteiger partial charge in [0.15, 0.2) is 0 Å². The molecule has 0 bridgehead atoms. The minimum atomic E-state index is 0.149. The van der Waals surface area contributed by atoms with Crippen LogP contribution >= 0.6 is 22.6 Å². The van der Waals surface area contributed by atoms with Crippen LogP contribution in [0.15, 0.2) is 72.8 Å². The van der Waals surface area contributed by atoms with Gasteiger partial charge in [0.2, 0.25) is 0 Å². The van der Waals surface area contributed by atoms with Crippen LogP contribution < -0.4 is 5.32 Å². The second-order valence-electron chi connectivity index (χ2n) is 5.82. The number of hydrogen-bond acceptors (Lipinski definition) is 1. The van der Waals surface area contributed by atoms with E-state index in [1.165, 1.54) is 31.5 Å². The number of anilines is 1. The Morgan fingerprint density at radius 1 is 0.739 bits per heavy atom. The Kier molecular flexibility index (Phi) is 5.01. The molecule has 3 aromatic rings. The molecule has 1 N–H and O–H groups in total. The summed E-state index contributed by atoms with van der Waals surface area (Å²) in [6.45, 7) is 4.32. The summed E-state index contributed by atoms with van der Waals surface area (Å²) in [4.78, 5) is 0. The van der Waals surface area contributed by atoms with Crippen LogP contribution in [-0.2, 0) is 0 Å². The molecule has 0 saturated carbocycles. The normalized spacial score (nSPS) is 10.8. The summed E-state index contributed by atoms with van der Waals surface area (Å²) in [6, 6.07) is 25.9. The van der Waals surface area contributed by atoms with Crippen molar-refractivity contribution in [1.82, 2.24) is 0 Å². The van der Waals surface area contributed by atoms with Gasteiger partial charge in [-0.3, -0.25) is 0 Å². The van der Waals surface area contributed by atoms with Gasteiger partial charge in [-0.05, 0) is 70.8 Å². The third-order valence-corrected chi connectivity index (χ3v) is 5.23. The van der Waals surface area contributed by atoms with Crippen LogP contribution in [0.1, 0.15) is 28.3 Å². The van der Waals surface area contributed by atoms with Crippen molar-refractivity contribution in [2.75, 3.05) is 5.32 Å². The molecule has 23 heavy (non-hydrogen) atoms. The van der Waals surface area contributed by atoms with Crippen molar-refractivity contribution in [3.8, 4) is 0 Å². The van der Waals surface area contributed by atoms with E-state index in [9.17, 15) is 0 Å².